The minimum atomic E-state index is -0.737. The Morgan fingerprint density at radius 1 is 1.14 bits per heavy atom. The molecule has 1 heterocycles. The molecule has 0 bridgehead atoms. The highest BCUT2D eigenvalue weighted by atomic mass is 35.5. The molecule has 1 aliphatic rings. The lowest BCUT2D eigenvalue weighted by Crippen LogP contribution is -2.34. The predicted octanol–water partition coefficient (Wildman–Crippen LogP) is 1.45. The molecule has 0 saturated carbocycles. The van der Waals surface area contributed by atoms with Crippen LogP contribution in [0.1, 0.15) is 5.56 Å². The van der Waals surface area contributed by atoms with Crippen LogP contribution in [0.5, 0.6) is 0 Å². The number of nitrogens with zero attached hydrogens (tertiary/aromatic N) is 1. The van der Waals surface area contributed by atoms with Gasteiger partial charge in [-0.25, -0.2) is 0 Å². The third-order valence-corrected chi connectivity index (χ3v) is 3.30. The molecule has 0 fully saturated rings. The lowest BCUT2D eigenvalue weighted by Gasteiger charge is -2.27. The first-order valence-electron chi connectivity index (χ1n) is 6.12. The summed E-state index contributed by atoms with van der Waals surface area (Å²) in [5.74, 6) is -1.47. The molecule has 1 aromatic carbocycles. The molecule has 0 saturated heterocycles. The lowest BCUT2D eigenvalue weighted by atomic mass is 10.00. The van der Waals surface area contributed by atoms with E-state index in [0.29, 0.717) is 17.1 Å². The van der Waals surface area contributed by atoms with E-state index >= 15 is 0 Å². The van der Waals surface area contributed by atoms with Gasteiger partial charge in [0.15, 0.2) is 0 Å². The van der Waals surface area contributed by atoms with Crippen molar-refractivity contribution < 1.29 is 9.59 Å². The van der Waals surface area contributed by atoms with Crippen molar-refractivity contribution in [3.8, 4) is 0 Å². The van der Waals surface area contributed by atoms with Crippen LogP contribution in [-0.4, -0.2) is 16.7 Å². The fourth-order valence-electron chi connectivity index (χ4n) is 2.09. The van der Waals surface area contributed by atoms with E-state index < -0.39 is 11.8 Å². The second-order valence-corrected chi connectivity index (χ2v) is 4.98. The van der Waals surface area contributed by atoms with Crippen LogP contribution in [0.25, 0.3) is 0 Å². The Morgan fingerprint density at radius 3 is 2.29 bits per heavy atom. The number of rotatable bonds is 4. The molecule has 2 rings (SSSR count). The summed E-state index contributed by atoms with van der Waals surface area (Å²) >= 11 is 5.83. The van der Waals surface area contributed by atoms with E-state index in [-0.39, 0.29) is 11.3 Å². The summed E-state index contributed by atoms with van der Waals surface area (Å²) in [4.78, 5) is 24.8. The predicted molar refractivity (Wildman–Crippen MR) is 80.7 cm³/mol. The van der Waals surface area contributed by atoms with Gasteiger partial charge in [-0.3, -0.25) is 9.59 Å². The maximum absolute atomic E-state index is 11.7. The van der Waals surface area contributed by atoms with Crippen LogP contribution in [0.3, 0.4) is 0 Å². The Balaban J connectivity index is 2.40. The second-order valence-electron chi connectivity index (χ2n) is 4.55. The molecule has 0 unspecified atom stereocenters. The van der Waals surface area contributed by atoms with Crippen LogP contribution < -0.4 is 11.5 Å². The number of amides is 2. The smallest absolute Gasteiger partial charge is 0.266 e. The van der Waals surface area contributed by atoms with Gasteiger partial charge in [0.25, 0.3) is 11.8 Å². The molecular formula is C15H14ClN3O2. The molecule has 2 amide bonds. The fourth-order valence-corrected chi connectivity index (χ4v) is 2.22. The molecule has 1 aromatic rings. The van der Waals surface area contributed by atoms with Crippen molar-refractivity contribution in [3.63, 3.8) is 0 Å². The minimum absolute atomic E-state index is 0.0407. The zero-order chi connectivity index (χ0) is 15.6. The highest BCUT2D eigenvalue weighted by Crippen LogP contribution is 2.25. The van der Waals surface area contributed by atoms with E-state index in [4.69, 9.17) is 23.1 Å². The zero-order valence-electron chi connectivity index (χ0n) is 11.2. The molecule has 0 atom stereocenters. The number of hydrogen-bond acceptors (Lipinski definition) is 3. The zero-order valence-corrected chi connectivity index (χ0v) is 11.9. The van der Waals surface area contributed by atoms with Crippen molar-refractivity contribution in [2.45, 2.75) is 6.54 Å². The van der Waals surface area contributed by atoms with Crippen LogP contribution >= 0.6 is 11.6 Å². The number of hydrogen-bond donors (Lipinski definition) is 2. The number of carbonyl (C=O) groups excluding carboxylic acids is 2. The average Bonchev–Trinajstić information content (AvgIpc) is 2.42. The van der Waals surface area contributed by atoms with Crippen molar-refractivity contribution >= 4 is 23.4 Å². The number of allylic oxidation sites excluding steroid dienone is 1. The minimum Gasteiger partial charge on any atom is -0.366 e. The summed E-state index contributed by atoms with van der Waals surface area (Å²) in [6.45, 7) is 4.06. The van der Waals surface area contributed by atoms with Gasteiger partial charge in [0.05, 0.1) is 5.57 Å². The first-order valence-corrected chi connectivity index (χ1v) is 6.50. The Bertz CT molecular complexity index is 675. The summed E-state index contributed by atoms with van der Waals surface area (Å²) in [6.07, 6.45) is 3.26. The first-order chi connectivity index (χ1) is 9.90. The molecule has 0 spiro atoms. The molecule has 6 heteroatoms. The molecule has 5 nitrogen and oxygen atoms in total. The van der Waals surface area contributed by atoms with Gasteiger partial charge in [-0.1, -0.05) is 30.3 Å². The number of carbonyl (C=O) groups is 2. The normalized spacial score (nSPS) is 14.5. The van der Waals surface area contributed by atoms with E-state index in [2.05, 4.69) is 6.58 Å². The third-order valence-electron chi connectivity index (χ3n) is 3.05. The molecule has 0 aromatic heterocycles. The van der Waals surface area contributed by atoms with Crippen molar-refractivity contribution in [2.24, 2.45) is 11.5 Å². The molecule has 0 aliphatic carbocycles. The van der Waals surface area contributed by atoms with E-state index in [0.717, 1.165) is 5.56 Å². The molecule has 21 heavy (non-hydrogen) atoms. The van der Waals surface area contributed by atoms with Gasteiger partial charge in [-0.15, -0.1) is 0 Å². The highest BCUT2D eigenvalue weighted by Gasteiger charge is 2.26. The lowest BCUT2D eigenvalue weighted by molar-refractivity contribution is -0.118. The van der Waals surface area contributed by atoms with E-state index in [1.54, 1.807) is 29.3 Å². The van der Waals surface area contributed by atoms with Gasteiger partial charge in [-0.05, 0) is 29.3 Å². The average molecular weight is 304 g/mol. The van der Waals surface area contributed by atoms with Crippen molar-refractivity contribution in [3.05, 3.63) is 70.5 Å². The van der Waals surface area contributed by atoms with E-state index in [1.165, 1.54) is 0 Å². The van der Waals surface area contributed by atoms with E-state index in [9.17, 15) is 9.59 Å². The van der Waals surface area contributed by atoms with Gasteiger partial charge in [0, 0.05) is 17.8 Å². The molecule has 1 aliphatic heterocycles. The summed E-state index contributed by atoms with van der Waals surface area (Å²) < 4.78 is 0. The largest absolute Gasteiger partial charge is 0.366 e. The van der Waals surface area contributed by atoms with Gasteiger partial charge in [0.1, 0.15) is 5.70 Å². The third kappa shape index (κ3) is 3.14. The monoisotopic (exact) mass is 303 g/mol. The first kappa shape index (κ1) is 14.9. The maximum Gasteiger partial charge on any atom is 0.266 e. The summed E-state index contributed by atoms with van der Waals surface area (Å²) in [5.41, 5.74) is 12.1. The maximum atomic E-state index is 11.7. The van der Waals surface area contributed by atoms with Crippen LogP contribution in [0.4, 0.5) is 0 Å². The molecular weight excluding hydrogens is 290 g/mol. The SMILES string of the molecule is C=C1C=CN(Cc2ccc(Cl)cc2)C(C(N)=O)=C1C(N)=O. The standard InChI is InChI=1S/C15H14ClN3O2/c1-9-6-7-19(8-10-2-4-11(16)5-3-10)13(15(18)21)12(9)14(17)20/h2-7H,1,8H2,(H2,17,20)(H2,18,21). The number of halogens is 1. The van der Waals surface area contributed by atoms with Crippen LogP contribution in [0, 0.1) is 0 Å². The molecule has 108 valence electrons. The topological polar surface area (TPSA) is 89.4 Å². The fraction of sp³-hybridized carbons (Fsp3) is 0.0667. The Hall–Kier alpha value is -2.53. The number of primary amides is 2. The molecule has 4 N–H and O–H groups in total. The highest BCUT2D eigenvalue weighted by molar-refractivity contribution is 6.30. The summed E-state index contributed by atoms with van der Waals surface area (Å²) in [6, 6.07) is 7.13. The van der Waals surface area contributed by atoms with Crippen LogP contribution in [0.15, 0.2) is 60.0 Å². The molecule has 0 radical (unpaired) electrons. The van der Waals surface area contributed by atoms with Crippen LogP contribution in [-0.2, 0) is 16.1 Å². The van der Waals surface area contributed by atoms with Crippen molar-refractivity contribution in [1.29, 1.82) is 0 Å². The van der Waals surface area contributed by atoms with Gasteiger partial charge < -0.3 is 16.4 Å². The Morgan fingerprint density at radius 2 is 1.76 bits per heavy atom. The number of benzene rings is 1. The van der Waals surface area contributed by atoms with Crippen molar-refractivity contribution in [2.75, 3.05) is 0 Å². The Labute approximate surface area is 127 Å². The number of nitrogens with two attached hydrogens (primary N) is 2. The van der Waals surface area contributed by atoms with Gasteiger partial charge in [-0.2, -0.15) is 0 Å². The van der Waals surface area contributed by atoms with Crippen molar-refractivity contribution in [1.82, 2.24) is 4.90 Å². The summed E-state index contributed by atoms with van der Waals surface area (Å²) in [5, 5.41) is 0.616. The quantitative estimate of drug-likeness (QED) is 0.882. The Kier molecular flexibility index (Phi) is 4.14. The van der Waals surface area contributed by atoms with E-state index in [1.807, 2.05) is 12.1 Å². The van der Waals surface area contributed by atoms with Crippen LogP contribution in [0.2, 0.25) is 5.02 Å². The second kappa shape index (κ2) is 5.85. The van der Waals surface area contributed by atoms with Gasteiger partial charge >= 0.3 is 0 Å². The summed E-state index contributed by atoms with van der Waals surface area (Å²) in [7, 11) is 0. The van der Waals surface area contributed by atoms with Gasteiger partial charge in [0.2, 0.25) is 0 Å².